The zero-order valence-corrected chi connectivity index (χ0v) is 7.45. The number of ether oxygens (including phenoxy) is 1. The number of anilines is 1. The lowest BCUT2D eigenvalue weighted by Crippen LogP contribution is -2.50. The third kappa shape index (κ3) is 1.86. The molecule has 1 aliphatic heterocycles. The SMILES string of the molecule is CNc1ccc(OC2CNC2)nn1. The molecule has 2 N–H and O–H groups in total. The Morgan fingerprint density at radius 2 is 2.31 bits per heavy atom. The van der Waals surface area contributed by atoms with Gasteiger partial charge in [0.25, 0.3) is 0 Å². The molecule has 1 aromatic heterocycles. The summed E-state index contributed by atoms with van der Waals surface area (Å²) in [4.78, 5) is 0. The predicted octanol–water partition coefficient (Wildman–Crippen LogP) is -0.131. The first-order valence-corrected chi connectivity index (χ1v) is 4.27. The Kier molecular flexibility index (Phi) is 2.27. The maximum absolute atomic E-state index is 5.49. The van der Waals surface area contributed by atoms with Crippen LogP contribution in [0.25, 0.3) is 0 Å². The van der Waals surface area contributed by atoms with Crippen LogP contribution >= 0.6 is 0 Å². The minimum Gasteiger partial charge on any atom is -0.471 e. The molecule has 2 heterocycles. The van der Waals surface area contributed by atoms with E-state index >= 15 is 0 Å². The minimum absolute atomic E-state index is 0.259. The topological polar surface area (TPSA) is 59.1 Å². The Morgan fingerprint density at radius 3 is 2.77 bits per heavy atom. The highest BCUT2D eigenvalue weighted by Gasteiger charge is 2.18. The van der Waals surface area contributed by atoms with Gasteiger partial charge in [0.15, 0.2) is 0 Å². The first kappa shape index (κ1) is 8.25. The molecule has 70 valence electrons. The highest BCUT2D eigenvalue weighted by molar-refractivity contribution is 5.32. The number of nitrogens with zero attached hydrogens (tertiary/aromatic N) is 2. The van der Waals surface area contributed by atoms with E-state index in [9.17, 15) is 0 Å². The smallest absolute Gasteiger partial charge is 0.233 e. The summed E-state index contributed by atoms with van der Waals surface area (Å²) in [6.45, 7) is 1.80. The van der Waals surface area contributed by atoms with Crippen LogP contribution in [0.3, 0.4) is 0 Å². The molecule has 0 bridgehead atoms. The molecule has 0 unspecified atom stereocenters. The molecular formula is C8H12N4O. The van der Waals surface area contributed by atoms with Crippen LogP contribution in [0, 0.1) is 0 Å². The van der Waals surface area contributed by atoms with Crippen molar-refractivity contribution in [1.29, 1.82) is 0 Å². The maximum Gasteiger partial charge on any atom is 0.233 e. The highest BCUT2D eigenvalue weighted by Crippen LogP contribution is 2.10. The van der Waals surface area contributed by atoms with Crippen LogP contribution in [0.15, 0.2) is 12.1 Å². The van der Waals surface area contributed by atoms with Gasteiger partial charge in [-0.3, -0.25) is 0 Å². The Bertz CT molecular complexity index is 270. The van der Waals surface area contributed by atoms with Gasteiger partial charge in [0.2, 0.25) is 5.88 Å². The lowest BCUT2D eigenvalue weighted by molar-refractivity contribution is 0.135. The van der Waals surface area contributed by atoms with E-state index in [2.05, 4.69) is 20.8 Å². The molecule has 5 nitrogen and oxygen atoms in total. The van der Waals surface area contributed by atoms with Crippen LogP contribution in [-0.2, 0) is 0 Å². The number of hydrogen-bond donors (Lipinski definition) is 2. The zero-order valence-electron chi connectivity index (χ0n) is 7.45. The van der Waals surface area contributed by atoms with Gasteiger partial charge in [-0.2, -0.15) is 0 Å². The molecule has 1 saturated heterocycles. The fourth-order valence-corrected chi connectivity index (χ4v) is 1.03. The third-order valence-corrected chi connectivity index (χ3v) is 1.93. The van der Waals surface area contributed by atoms with E-state index in [0.29, 0.717) is 5.88 Å². The van der Waals surface area contributed by atoms with E-state index in [1.807, 2.05) is 12.1 Å². The number of nitrogens with one attached hydrogen (secondary N) is 2. The summed E-state index contributed by atoms with van der Waals surface area (Å²) in [7, 11) is 1.81. The number of hydrogen-bond acceptors (Lipinski definition) is 5. The van der Waals surface area contributed by atoms with Gasteiger partial charge in [0.1, 0.15) is 11.9 Å². The summed E-state index contributed by atoms with van der Waals surface area (Å²) in [5.74, 6) is 1.34. The molecule has 13 heavy (non-hydrogen) atoms. The number of aromatic nitrogens is 2. The standard InChI is InChI=1S/C8H12N4O/c1-9-7-2-3-8(12-11-7)13-6-4-10-5-6/h2-3,6,10H,4-5H2,1H3,(H,9,11). The zero-order chi connectivity index (χ0) is 9.10. The summed E-state index contributed by atoms with van der Waals surface area (Å²) in [5.41, 5.74) is 0. The first-order valence-electron chi connectivity index (χ1n) is 4.27. The average molecular weight is 180 g/mol. The molecule has 0 aliphatic carbocycles. The lowest BCUT2D eigenvalue weighted by Gasteiger charge is -2.26. The third-order valence-electron chi connectivity index (χ3n) is 1.93. The molecule has 0 aromatic carbocycles. The van der Waals surface area contributed by atoms with Crippen molar-refractivity contribution in [2.45, 2.75) is 6.10 Å². The van der Waals surface area contributed by atoms with Crippen LogP contribution < -0.4 is 15.4 Å². The van der Waals surface area contributed by atoms with Crippen molar-refractivity contribution in [1.82, 2.24) is 15.5 Å². The van der Waals surface area contributed by atoms with Gasteiger partial charge in [-0.25, -0.2) is 0 Å². The summed E-state index contributed by atoms with van der Waals surface area (Å²) in [6.07, 6.45) is 0.259. The summed E-state index contributed by atoms with van der Waals surface area (Å²) in [6, 6.07) is 3.66. The monoisotopic (exact) mass is 180 g/mol. The maximum atomic E-state index is 5.49. The summed E-state index contributed by atoms with van der Waals surface area (Å²) >= 11 is 0. The average Bonchev–Trinajstić information content (AvgIpc) is 2.12. The Balaban J connectivity index is 1.96. The molecule has 5 heteroatoms. The molecule has 0 spiro atoms. The van der Waals surface area contributed by atoms with Crippen molar-refractivity contribution in [2.24, 2.45) is 0 Å². The van der Waals surface area contributed by atoms with E-state index in [1.165, 1.54) is 0 Å². The van der Waals surface area contributed by atoms with Crippen LogP contribution in [0.2, 0.25) is 0 Å². The molecule has 1 aliphatic rings. The fourth-order valence-electron chi connectivity index (χ4n) is 1.03. The Morgan fingerprint density at radius 1 is 1.46 bits per heavy atom. The highest BCUT2D eigenvalue weighted by atomic mass is 16.5. The summed E-state index contributed by atoms with van der Waals surface area (Å²) < 4.78 is 5.49. The predicted molar refractivity (Wildman–Crippen MR) is 48.9 cm³/mol. The van der Waals surface area contributed by atoms with Crippen LogP contribution in [0.4, 0.5) is 5.82 Å². The molecule has 0 radical (unpaired) electrons. The van der Waals surface area contributed by atoms with Gasteiger partial charge in [-0.1, -0.05) is 0 Å². The molecule has 0 atom stereocenters. The van der Waals surface area contributed by atoms with E-state index < -0.39 is 0 Å². The van der Waals surface area contributed by atoms with Crippen molar-refractivity contribution >= 4 is 5.82 Å². The second-order valence-corrected chi connectivity index (χ2v) is 2.90. The second kappa shape index (κ2) is 3.57. The van der Waals surface area contributed by atoms with E-state index in [1.54, 1.807) is 7.05 Å². The van der Waals surface area contributed by atoms with Crippen LogP contribution in [0.5, 0.6) is 5.88 Å². The van der Waals surface area contributed by atoms with Crippen molar-refractivity contribution in [3.63, 3.8) is 0 Å². The van der Waals surface area contributed by atoms with Crippen LogP contribution in [0.1, 0.15) is 0 Å². The van der Waals surface area contributed by atoms with E-state index in [-0.39, 0.29) is 6.10 Å². The quantitative estimate of drug-likeness (QED) is 0.678. The van der Waals surface area contributed by atoms with Gasteiger partial charge in [-0.15, -0.1) is 10.2 Å². The largest absolute Gasteiger partial charge is 0.471 e. The van der Waals surface area contributed by atoms with Crippen LogP contribution in [-0.4, -0.2) is 36.4 Å². The van der Waals surface area contributed by atoms with E-state index in [0.717, 1.165) is 18.9 Å². The lowest BCUT2D eigenvalue weighted by atomic mass is 10.2. The first-order chi connectivity index (χ1) is 6.38. The molecule has 0 amide bonds. The molecule has 0 saturated carbocycles. The van der Waals surface area contributed by atoms with Gasteiger partial charge >= 0.3 is 0 Å². The van der Waals surface area contributed by atoms with Gasteiger partial charge < -0.3 is 15.4 Å². The molecule has 1 fully saturated rings. The van der Waals surface area contributed by atoms with Crippen molar-refractivity contribution in [2.75, 3.05) is 25.5 Å². The fraction of sp³-hybridized carbons (Fsp3) is 0.500. The van der Waals surface area contributed by atoms with E-state index in [4.69, 9.17) is 4.74 Å². The molecule has 1 aromatic rings. The Labute approximate surface area is 76.5 Å². The second-order valence-electron chi connectivity index (χ2n) is 2.90. The normalized spacial score (nSPS) is 16.4. The van der Waals surface area contributed by atoms with Gasteiger partial charge in [0.05, 0.1) is 0 Å². The van der Waals surface area contributed by atoms with Gasteiger partial charge in [-0.05, 0) is 6.07 Å². The summed E-state index contributed by atoms with van der Waals surface area (Å²) in [5, 5.41) is 13.8. The number of rotatable bonds is 3. The minimum atomic E-state index is 0.259. The Hall–Kier alpha value is -1.36. The van der Waals surface area contributed by atoms with Crippen molar-refractivity contribution in [3.8, 4) is 5.88 Å². The van der Waals surface area contributed by atoms with Crippen molar-refractivity contribution in [3.05, 3.63) is 12.1 Å². The molecular weight excluding hydrogens is 168 g/mol. The van der Waals surface area contributed by atoms with Gasteiger partial charge in [0, 0.05) is 26.2 Å². The molecule has 2 rings (SSSR count). The van der Waals surface area contributed by atoms with Crippen molar-refractivity contribution < 1.29 is 4.74 Å².